The molecule has 0 bridgehead atoms. The number of methoxy groups -OCH3 is 1. The molecule has 0 fully saturated rings. The van der Waals surface area contributed by atoms with Crippen LogP contribution in [0.5, 0.6) is 5.75 Å². The first-order chi connectivity index (χ1) is 9.29. The SMILES string of the molecule is COc1c(N(C)CCN(C)C)sc(C(=O)C(C)C)c1N. The van der Waals surface area contributed by atoms with Gasteiger partial charge in [0.05, 0.1) is 17.7 Å². The summed E-state index contributed by atoms with van der Waals surface area (Å²) in [7, 11) is 7.63. The Bertz CT molecular complexity index is 469. The largest absolute Gasteiger partial charge is 0.492 e. The van der Waals surface area contributed by atoms with E-state index in [1.807, 2.05) is 35.0 Å². The van der Waals surface area contributed by atoms with Crippen molar-refractivity contribution in [3.8, 4) is 5.75 Å². The Morgan fingerprint density at radius 3 is 2.35 bits per heavy atom. The van der Waals surface area contributed by atoms with Crippen LogP contribution in [0.15, 0.2) is 0 Å². The number of nitrogens with zero attached hydrogens (tertiary/aromatic N) is 2. The molecule has 0 amide bonds. The first kappa shape index (κ1) is 16.8. The summed E-state index contributed by atoms with van der Waals surface area (Å²) in [4.78, 5) is 17.0. The molecule has 5 nitrogen and oxygen atoms in total. The lowest BCUT2D eigenvalue weighted by Gasteiger charge is -2.20. The fraction of sp³-hybridized carbons (Fsp3) is 0.643. The highest BCUT2D eigenvalue weighted by Crippen LogP contribution is 2.45. The number of ether oxygens (including phenoxy) is 1. The Labute approximate surface area is 125 Å². The van der Waals surface area contributed by atoms with Crippen LogP contribution in [0.2, 0.25) is 0 Å². The van der Waals surface area contributed by atoms with Gasteiger partial charge in [0, 0.05) is 26.1 Å². The minimum atomic E-state index is -0.0689. The van der Waals surface area contributed by atoms with Gasteiger partial charge in [-0.15, -0.1) is 11.3 Å². The van der Waals surface area contributed by atoms with Crippen LogP contribution in [0, 0.1) is 5.92 Å². The maximum Gasteiger partial charge on any atom is 0.177 e. The number of Topliss-reactive ketones (excluding diaryl/α,β-unsaturated/α-hetero) is 1. The molecule has 0 aliphatic rings. The van der Waals surface area contributed by atoms with Crippen molar-refractivity contribution < 1.29 is 9.53 Å². The van der Waals surface area contributed by atoms with E-state index in [0.717, 1.165) is 18.1 Å². The van der Waals surface area contributed by atoms with Crippen LogP contribution in [0.25, 0.3) is 0 Å². The van der Waals surface area contributed by atoms with Gasteiger partial charge >= 0.3 is 0 Å². The van der Waals surface area contributed by atoms with Crippen LogP contribution in [0.4, 0.5) is 10.7 Å². The second-order valence-corrected chi connectivity index (χ2v) is 6.43. The molecular weight excluding hydrogens is 274 g/mol. The third-order valence-electron chi connectivity index (χ3n) is 3.06. The number of carbonyl (C=O) groups is 1. The minimum absolute atomic E-state index is 0.0676. The monoisotopic (exact) mass is 299 g/mol. The zero-order valence-corrected chi connectivity index (χ0v) is 14.0. The van der Waals surface area contributed by atoms with Gasteiger partial charge in [-0.2, -0.15) is 0 Å². The molecule has 0 saturated carbocycles. The minimum Gasteiger partial charge on any atom is -0.492 e. The molecule has 0 radical (unpaired) electrons. The highest BCUT2D eigenvalue weighted by atomic mass is 32.1. The average Bonchev–Trinajstić information content (AvgIpc) is 2.71. The van der Waals surface area contributed by atoms with Gasteiger partial charge in [0.15, 0.2) is 11.5 Å². The maximum absolute atomic E-state index is 12.2. The van der Waals surface area contributed by atoms with E-state index in [-0.39, 0.29) is 11.7 Å². The molecule has 20 heavy (non-hydrogen) atoms. The Morgan fingerprint density at radius 1 is 1.30 bits per heavy atom. The summed E-state index contributed by atoms with van der Waals surface area (Å²) in [6, 6.07) is 0. The van der Waals surface area contributed by atoms with Crippen LogP contribution in [0.1, 0.15) is 23.5 Å². The molecule has 1 aromatic heterocycles. The Hall–Kier alpha value is -1.27. The molecule has 1 heterocycles. The first-order valence-electron chi connectivity index (χ1n) is 6.65. The van der Waals surface area contributed by atoms with Crippen molar-refractivity contribution in [1.82, 2.24) is 4.90 Å². The number of carbonyl (C=O) groups excluding carboxylic acids is 1. The van der Waals surface area contributed by atoms with E-state index in [2.05, 4.69) is 9.80 Å². The maximum atomic E-state index is 12.2. The standard InChI is InChI=1S/C14H25N3O2S/c1-9(2)11(18)13-10(15)12(19-6)14(20-13)17(5)8-7-16(3)4/h9H,7-8,15H2,1-6H3. The van der Waals surface area contributed by atoms with Crippen molar-refractivity contribution in [3.63, 3.8) is 0 Å². The highest BCUT2D eigenvalue weighted by Gasteiger charge is 2.25. The van der Waals surface area contributed by atoms with Gasteiger partial charge < -0.3 is 20.3 Å². The molecule has 6 heteroatoms. The van der Waals surface area contributed by atoms with Crippen molar-refractivity contribution in [2.45, 2.75) is 13.8 Å². The molecule has 0 unspecified atom stereocenters. The quantitative estimate of drug-likeness (QED) is 0.782. The molecule has 0 aliphatic heterocycles. The second kappa shape index (κ2) is 6.95. The summed E-state index contributed by atoms with van der Waals surface area (Å²) < 4.78 is 5.39. The van der Waals surface area contributed by atoms with E-state index >= 15 is 0 Å². The number of thiophene rings is 1. The number of likely N-dealkylation sites (N-methyl/N-ethyl adjacent to an activating group) is 2. The summed E-state index contributed by atoms with van der Waals surface area (Å²) in [5, 5.41) is 0.913. The lowest BCUT2D eigenvalue weighted by molar-refractivity contribution is 0.0944. The number of nitrogen functional groups attached to an aromatic ring is 1. The summed E-state index contributed by atoms with van der Waals surface area (Å²) in [6.45, 7) is 5.52. The zero-order chi connectivity index (χ0) is 15.4. The van der Waals surface area contributed by atoms with E-state index in [1.165, 1.54) is 11.3 Å². The fourth-order valence-corrected chi connectivity index (χ4v) is 3.03. The average molecular weight is 299 g/mol. The summed E-state index contributed by atoms with van der Waals surface area (Å²) in [6.07, 6.45) is 0. The normalized spacial score (nSPS) is 11.2. The van der Waals surface area contributed by atoms with Crippen LogP contribution in [0.3, 0.4) is 0 Å². The zero-order valence-electron chi connectivity index (χ0n) is 13.2. The van der Waals surface area contributed by atoms with Gasteiger partial charge in [0.2, 0.25) is 0 Å². The van der Waals surface area contributed by atoms with E-state index in [4.69, 9.17) is 10.5 Å². The van der Waals surface area contributed by atoms with Crippen LogP contribution >= 0.6 is 11.3 Å². The Balaban J connectivity index is 3.07. The number of nitrogens with two attached hydrogens (primary N) is 1. The topological polar surface area (TPSA) is 58.8 Å². The highest BCUT2D eigenvalue weighted by molar-refractivity contribution is 7.19. The molecule has 0 atom stereocenters. The Kier molecular flexibility index (Phi) is 5.83. The second-order valence-electron chi connectivity index (χ2n) is 5.43. The van der Waals surface area contributed by atoms with Crippen LogP contribution in [-0.4, -0.2) is 52.0 Å². The van der Waals surface area contributed by atoms with E-state index in [1.54, 1.807) is 7.11 Å². The molecule has 0 aliphatic carbocycles. The summed E-state index contributed by atoms with van der Waals surface area (Å²) in [5.74, 6) is 0.610. The molecule has 2 N–H and O–H groups in total. The molecule has 0 spiro atoms. The number of ketones is 1. The van der Waals surface area contributed by atoms with Crippen molar-refractivity contribution in [2.24, 2.45) is 5.92 Å². The van der Waals surface area contributed by atoms with E-state index in [0.29, 0.717) is 16.3 Å². The van der Waals surface area contributed by atoms with Crippen LogP contribution < -0.4 is 15.4 Å². The van der Waals surface area contributed by atoms with E-state index in [9.17, 15) is 4.79 Å². The lowest BCUT2D eigenvalue weighted by Crippen LogP contribution is -2.28. The number of anilines is 2. The summed E-state index contributed by atoms with van der Waals surface area (Å²) in [5.41, 5.74) is 6.54. The van der Waals surface area contributed by atoms with E-state index < -0.39 is 0 Å². The van der Waals surface area contributed by atoms with Gasteiger partial charge in [-0.3, -0.25) is 4.79 Å². The van der Waals surface area contributed by atoms with Crippen molar-refractivity contribution in [1.29, 1.82) is 0 Å². The lowest BCUT2D eigenvalue weighted by atomic mass is 10.1. The molecular formula is C14H25N3O2S. The molecule has 1 rings (SSSR count). The van der Waals surface area contributed by atoms with Crippen molar-refractivity contribution >= 4 is 27.8 Å². The molecule has 0 saturated heterocycles. The predicted molar refractivity (Wildman–Crippen MR) is 86.3 cm³/mol. The molecule has 0 aromatic carbocycles. The van der Waals surface area contributed by atoms with Gasteiger partial charge in [-0.05, 0) is 14.1 Å². The fourth-order valence-electron chi connectivity index (χ4n) is 1.76. The van der Waals surface area contributed by atoms with Crippen molar-refractivity contribution in [3.05, 3.63) is 4.88 Å². The van der Waals surface area contributed by atoms with Gasteiger partial charge in [-0.25, -0.2) is 0 Å². The predicted octanol–water partition coefficient (Wildman–Crippen LogP) is 2.18. The number of hydrogen-bond acceptors (Lipinski definition) is 6. The van der Waals surface area contributed by atoms with Gasteiger partial charge in [0.25, 0.3) is 0 Å². The van der Waals surface area contributed by atoms with Crippen molar-refractivity contribution in [2.75, 3.05) is 52.0 Å². The smallest absolute Gasteiger partial charge is 0.177 e. The van der Waals surface area contributed by atoms with Gasteiger partial charge in [-0.1, -0.05) is 13.8 Å². The third kappa shape index (κ3) is 3.64. The Morgan fingerprint density at radius 2 is 1.90 bits per heavy atom. The van der Waals surface area contributed by atoms with Crippen LogP contribution in [-0.2, 0) is 0 Å². The third-order valence-corrected chi connectivity index (χ3v) is 4.38. The first-order valence-corrected chi connectivity index (χ1v) is 7.47. The molecule has 114 valence electrons. The number of hydrogen-bond donors (Lipinski definition) is 1. The molecule has 1 aromatic rings. The van der Waals surface area contributed by atoms with Gasteiger partial charge in [0.1, 0.15) is 5.00 Å². The summed E-state index contributed by atoms with van der Waals surface area (Å²) >= 11 is 1.41. The number of rotatable bonds is 7.